The number of hydrogen-bond acceptors (Lipinski definition) is 12. The summed E-state index contributed by atoms with van der Waals surface area (Å²) < 4.78 is 38.2. The molecule has 63 heavy (non-hydrogen) atoms. The number of ether oxygens (including phenoxy) is 7. The van der Waals surface area contributed by atoms with Gasteiger partial charge in [0.25, 0.3) is 0 Å². The van der Waals surface area contributed by atoms with Crippen molar-refractivity contribution in [1.29, 1.82) is 0 Å². The standard InChI is InChI=1S/C51H54O12/c1-3-47(52)59-36-14-7-5-12-34-57-43-26-18-39(19-27-43)22-32-49(54)61-38-46(41-16-10-9-11-17-41)63-50(55)33-23-40-20-28-45(29-21-40)62-51(56)42-24-30-44(31-25-42)58-35-13-6-8-15-37-60-48(53)4-2/h3-4,9-11,16-33,46H,1-2,5-8,12-15,34-38H2/b32-22+,33-23+/t46-/m0/s1. The van der Waals surface area contributed by atoms with Gasteiger partial charge in [0.05, 0.1) is 32.0 Å². The van der Waals surface area contributed by atoms with E-state index in [2.05, 4.69) is 13.2 Å². The van der Waals surface area contributed by atoms with Gasteiger partial charge in [-0.3, -0.25) is 0 Å². The van der Waals surface area contributed by atoms with E-state index in [-0.39, 0.29) is 6.61 Å². The second-order valence-corrected chi connectivity index (χ2v) is 14.0. The smallest absolute Gasteiger partial charge is 0.343 e. The van der Waals surface area contributed by atoms with Crippen LogP contribution in [0.4, 0.5) is 0 Å². The SMILES string of the molecule is C=CC(=O)OCCCCCCOc1ccc(/C=C/C(=O)OC[C@H](OC(=O)/C=C/c2ccc(OC(=O)c3ccc(OCCCCCCOC(=O)C=C)cc3)cc2)c2ccccc2)cc1. The summed E-state index contributed by atoms with van der Waals surface area (Å²) in [5.74, 6) is -0.921. The Balaban J connectivity index is 1.16. The minimum absolute atomic E-state index is 0.200. The first-order chi connectivity index (χ1) is 30.7. The second kappa shape index (κ2) is 28.3. The van der Waals surface area contributed by atoms with Gasteiger partial charge in [0, 0.05) is 24.3 Å². The monoisotopic (exact) mass is 858 g/mol. The number of benzene rings is 4. The van der Waals surface area contributed by atoms with Gasteiger partial charge in [-0.15, -0.1) is 0 Å². The fraction of sp³-hybridized carbons (Fsp3) is 0.275. The largest absolute Gasteiger partial charge is 0.494 e. The summed E-state index contributed by atoms with van der Waals surface area (Å²) >= 11 is 0. The molecule has 0 spiro atoms. The highest BCUT2D eigenvalue weighted by atomic mass is 16.6. The third kappa shape index (κ3) is 19.8. The van der Waals surface area contributed by atoms with Crippen molar-refractivity contribution >= 4 is 42.0 Å². The maximum atomic E-state index is 12.9. The summed E-state index contributed by atoms with van der Waals surface area (Å²) in [6.07, 6.45) is 14.2. The molecule has 0 aromatic heterocycles. The first kappa shape index (κ1) is 48.5. The van der Waals surface area contributed by atoms with E-state index >= 15 is 0 Å². The molecule has 12 heteroatoms. The van der Waals surface area contributed by atoms with E-state index in [1.165, 1.54) is 12.2 Å². The number of esters is 5. The molecule has 0 unspecified atom stereocenters. The van der Waals surface area contributed by atoms with Crippen LogP contribution in [-0.4, -0.2) is 62.9 Å². The Morgan fingerprint density at radius 2 is 0.937 bits per heavy atom. The van der Waals surface area contributed by atoms with Gasteiger partial charge in [-0.2, -0.15) is 0 Å². The first-order valence-electron chi connectivity index (χ1n) is 20.9. The van der Waals surface area contributed by atoms with E-state index in [1.807, 2.05) is 30.3 Å². The van der Waals surface area contributed by atoms with Crippen LogP contribution >= 0.6 is 0 Å². The summed E-state index contributed by atoms with van der Waals surface area (Å²) in [7, 11) is 0. The highest BCUT2D eigenvalue weighted by Crippen LogP contribution is 2.21. The molecule has 0 amide bonds. The highest BCUT2D eigenvalue weighted by molar-refractivity contribution is 5.91. The Labute approximate surface area is 368 Å². The molecule has 4 aromatic carbocycles. The van der Waals surface area contributed by atoms with Gasteiger partial charge in [-0.05, 0) is 129 Å². The lowest BCUT2D eigenvalue weighted by Crippen LogP contribution is -2.17. The van der Waals surface area contributed by atoms with E-state index in [9.17, 15) is 24.0 Å². The van der Waals surface area contributed by atoms with Gasteiger partial charge in [-0.25, -0.2) is 24.0 Å². The van der Waals surface area contributed by atoms with E-state index < -0.39 is 36.0 Å². The predicted molar refractivity (Wildman–Crippen MR) is 239 cm³/mol. The van der Waals surface area contributed by atoms with Crippen LogP contribution in [0.3, 0.4) is 0 Å². The van der Waals surface area contributed by atoms with Gasteiger partial charge < -0.3 is 33.2 Å². The zero-order valence-corrected chi connectivity index (χ0v) is 35.4. The van der Waals surface area contributed by atoms with Crippen molar-refractivity contribution in [2.45, 2.75) is 57.5 Å². The molecule has 0 aliphatic heterocycles. The lowest BCUT2D eigenvalue weighted by molar-refractivity contribution is -0.153. The number of hydrogen-bond donors (Lipinski definition) is 0. The van der Waals surface area contributed by atoms with Crippen LogP contribution in [0.1, 0.15) is 84.5 Å². The van der Waals surface area contributed by atoms with Crippen molar-refractivity contribution in [3.8, 4) is 17.2 Å². The molecule has 330 valence electrons. The third-order valence-corrected chi connectivity index (χ3v) is 9.13. The molecule has 0 N–H and O–H groups in total. The predicted octanol–water partition coefficient (Wildman–Crippen LogP) is 9.80. The third-order valence-electron chi connectivity index (χ3n) is 9.13. The second-order valence-electron chi connectivity index (χ2n) is 14.0. The van der Waals surface area contributed by atoms with E-state index in [0.29, 0.717) is 60.4 Å². The molecule has 0 heterocycles. The minimum Gasteiger partial charge on any atom is -0.494 e. The lowest BCUT2D eigenvalue weighted by Gasteiger charge is -2.17. The molecule has 0 saturated heterocycles. The zero-order valence-electron chi connectivity index (χ0n) is 35.4. The molecule has 1 atom stereocenters. The zero-order chi connectivity index (χ0) is 44.9. The molecule has 0 fully saturated rings. The van der Waals surface area contributed by atoms with E-state index in [4.69, 9.17) is 33.2 Å². The Hall–Kier alpha value is -7.21. The molecule has 0 aliphatic carbocycles. The first-order valence-corrected chi connectivity index (χ1v) is 20.9. The van der Waals surface area contributed by atoms with Crippen LogP contribution in [0.25, 0.3) is 12.2 Å². The number of carbonyl (C=O) groups excluding carboxylic acids is 5. The maximum absolute atomic E-state index is 12.9. The van der Waals surface area contributed by atoms with Crippen LogP contribution in [-0.2, 0) is 38.1 Å². The normalized spacial score (nSPS) is 11.3. The maximum Gasteiger partial charge on any atom is 0.343 e. The van der Waals surface area contributed by atoms with Crippen LogP contribution in [0.15, 0.2) is 141 Å². The van der Waals surface area contributed by atoms with Crippen molar-refractivity contribution in [2.75, 3.05) is 33.0 Å². The van der Waals surface area contributed by atoms with Crippen molar-refractivity contribution in [3.63, 3.8) is 0 Å². The molecule has 4 aromatic rings. The Bertz CT molecular complexity index is 2100. The van der Waals surface area contributed by atoms with Gasteiger partial charge in [0.15, 0.2) is 6.10 Å². The molecule has 12 nitrogen and oxygen atoms in total. The van der Waals surface area contributed by atoms with E-state index in [0.717, 1.165) is 69.1 Å². The molecular formula is C51H54O12. The Kier molecular flexibility index (Phi) is 21.8. The summed E-state index contributed by atoms with van der Waals surface area (Å²) in [4.78, 5) is 60.4. The molecule has 0 saturated carbocycles. The highest BCUT2D eigenvalue weighted by Gasteiger charge is 2.18. The molecule has 0 bridgehead atoms. The molecule has 0 radical (unpaired) electrons. The van der Waals surface area contributed by atoms with Crippen molar-refractivity contribution in [3.05, 3.63) is 163 Å². The number of carbonyl (C=O) groups is 5. The van der Waals surface area contributed by atoms with Crippen molar-refractivity contribution < 1.29 is 57.1 Å². The van der Waals surface area contributed by atoms with Crippen LogP contribution in [0.2, 0.25) is 0 Å². The fourth-order valence-corrected chi connectivity index (χ4v) is 5.71. The van der Waals surface area contributed by atoms with Gasteiger partial charge in [-0.1, -0.05) is 67.8 Å². The molecule has 4 rings (SSSR count). The topological polar surface area (TPSA) is 150 Å². The fourth-order valence-electron chi connectivity index (χ4n) is 5.71. The lowest BCUT2D eigenvalue weighted by atomic mass is 10.1. The average molecular weight is 859 g/mol. The summed E-state index contributed by atoms with van der Waals surface area (Å²) in [6, 6.07) is 29.6. The summed E-state index contributed by atoms with van der Waals surface area (Å²) in [5.41, 5.74) is 2.45. The number of unbranched alkanes of at least 4 members (excludes halogenated alkanes) is 6. The van der Waals surface area contributed by atoms with Gasteiger partial charge >= 0.3 is 29.8 Å². The average Bonchev–Trinajstić information content (AvgIpc) is 3.31. The molecule has 0 aliphatic rings. The van der Waals surface area contributed by atoms with Crippen LogP contribution < -0.4 is 14.2 Å². The van der Waals surface area contributed by atoms with Crippen molar-refractivity contribution in [2.24, 2.45) is 0 Å². The van der Waals surface area contributed by atoms with Gasteiger partial charge in [0.2, 0.25) is 0 Å². The van der Waals surface area contributed by atoms with Crippen molar-refractivity contribution in [1.82, 2.24) is 0 Å². The summed E-state index contributed by atoms with van der Waals surface area (Å²) in [6.45, 7) is 8.38. The number of rotatable bonds is 28. The van der Waals surface area contributed by atoms with Gasteiger partial charge in [0.1, 0.15) is 23.9 Å². The van der Waals surface area contributed by atoms with Crippen LogP contribution in [0, 0.1) is 0 Å². The quantitative estimate of drug-likeness (QED) is 0.0176. The Morgan fingerprint density at radius 3 is 1.44 bits per heavy atom. The van der Waals surface area contributed by atoms with Crippen LogP contribution in [0.5, 0.6) is 17.2 Å². The van der Waals surface area contributed by atoms with E-state index in [1.54, 1.807) is 84.9 Å². The summed E-state index contributed by atoms with van der Waals surface area (Å²) in [5, 5.41) is 0. The Morgan fingerprint density at radius 1 is 0.476 bits per heavy atom. The minimum atomic E-state index is -0.854. The molecular weight excluding hydrogens is 805 g/mol.